The minimum Gasteiger partial charge on any atom is -0.478 e. The normalized spacial score (nSPS) is 12.3. The number of benzene rings is 3. The molecule has 1 heterocycles. The molecule has 1 aromatic heterocycles. The summed E-state index contributed by atoms with van der Waals surface area (Å²) >= 11 is 1.20. The van der Waals surface area contributed by atoms with Crippen LogP contribution in [0.15, 0.2) is 77.7 Å². The Morgan fingerprint density at radius 1 is 0.891 bits per heavy atom. The Labute approximate surface area is 275 Å². The van der Waals surface area contributed by atoms with Gasteiger partial charge in [0.1, 0.15) is 11.7 Å². The fourth-order valence-corrected chi connectivity index (χ4v) is 5.37. The SMILES string of the molecule is Cc1cccc(C)c1-c1cc(OC(CNC(=O)OC(C)(C)C)c2ccc(C(C)(C)C)cc2)nc(NSc2cccc(C(=O)O)c2)n1. The van der Waals surface area contributed by atoms with E-state index >= 15 is 0 Å². The van der Waals surface area contributed by atoms with Crippen molar-refractivity contribution in [2.75, 3.05) is 11.3 Å². The lowest BCUT2D eigenvalue weighted by atomic mass is 9.86. The first-order chi connectivity index (χ1) is 21.6. The zero-order valence-corrected chi connectivity index (χ0v) is 28.4. The highest BCUT2D eigenvalue weighted by molar-refractivity contribution is 8.00. The molecule has 0 saturated heterocycles. The summed E-state index contributed by atoms with van der Waals surface area (Å²) in [5.74, 6) is -0.429. The van der Waals surface area contributed by atoms with Crippen LogP contribution in [0.5, 0.6) is 5.88 Å². The van der Waals surface area contributed by atoms with E-state index in [9.17, 15) is 14.7 Å². The fourth-order valence-electron chi connectivity index (χ4n) is 4.74. The summed E-state index contributed by atoms with van der Waals surface area (Å²) in [7, 11) is 0. The number of hydrogen-bond donors (Lipinski definition) is 3. The summed E-state index contributed by atoms with van der Waals surface area (Å²) in [6.07, 6.45) is -1.15. The van der Waals surface area contributed by atoms with Crippen molar-refractivity contribution in [2.45, 2.75) is 77.4 Å². The maximum Gasteiger partial charge on any atom is 0.407 e. The highest BCUT2D eigenvalue weighted by Crippen LogP contribution is 2.32. The Hall–Kier alpha value is -4.57. The summed E-state index contributed by atoms with van der Waals surface area (Å²) < 4.78 is 15.2. The number of carboxylic acid groups (broad SMARTS) is 1. The largest absolute Gasteiger partial charge is 0.478 e. The summed E-state index contributed by atoms with van der Waals surface area (Å²) in [4.78, 5) is 34.3. The van der Waals surface area contributed by atoms with Gasteiger partial charge in [0.2, 0.25) is 11.8 Å². The highest BCUT2D eigenvalue weighted by Gasteiger charge is 2.22. The Morgan fingerprint density at radius 3 is 2.15 bits per heavy atom. The van der Waals surface area contributed by atoms with Crippen molar-refractivity contribution < 1.29 is 24.2 Å². The lowest BCUT2D eigenvalue weighted by Crippen LogP contribution is -2.36. The molecule has 4 aromatic rings. The monoisotopic (exact) mass is 642 g/mol. The molecule has 0 aliphatic rings. The van der Waals surface area contributed by atoms with Gasteiger partial charge in [-0.05, 0) is 92.4 Å². The minimum absolute atomic E-state index is 0.0289. The molecule has 1 amide bonds. The standard InChI is InChI=1S/C36H42N4O5S/c1-22-11-9-12-23(2)31(22)28-20-30(39-33(38-28)40-46-27-14-10-13-25(19-27)32(41)42)44-29(21-37-34(43)45-36(6,7)8)24-15-17-26(18-16-24)35(3,4)5/h9-20,29H,21H2,1-8H3,(H,37,43)(H,41,42)(H,38,39,40). The van der Waals surface area contributed by atoms with Gasteiger partial charge in [-0.2, -0.15) is 4.98 Å². The first-order valence-electron chi connectivity index (χ1n) is 15.0. The predicted molar refractivity (Wildman–Crippen MR) is 183 cm³/mol. The molecule has 4 rings (SSSR count). The van der Waals surface area contributed by atoms with Crippen LogP contribution in [-0.4, -0.2) is 39.3 Å². The molecule has 3 N–H and O–H groups in total. The van der Waals surface area contributed by atoms with E-state index in [0.29, 0.717) is 16.5 Å². The Morgan fingerprint density at radius 2 is 1.54 bits per heavy atom. The quantitative estimate of drug-likeness (QED) is 0.146. The van der Waals surface area contributed by atoms with E-state index in [0.717, 1.165) is 22.3 Å². The van der Waals surface area contributed by atoms with Crippen LogP contribution in [0.2, 0.25) is 0 Å². The van der Waals surface area contributed by atoms with Crippen LogP contribution in [0.3, 0.4) is 0 Å². The molecule has 9 nitrogen and oxygen atoms in total. The molecule has 1 unspecified atom stereocenters. The molecule has 10 heteroatoms. The number of alkyl carbamates (subject to hydrolysis) is 1. The van der Waals surface area contributed by atoms with Gasteiger partial charge >= 0.3 is 12.1 Å². The topological polar surface area (TPSA) is 123 Å². The molecular weight excluding hydrogens is 600 g/mol. The Bertz CT molecular complexity index is 1670. The van der Waals surface area contributed by atoms with E-state index in [2.05, 4.69) is 47.9 Å². The second-order valence-electron chi connectivity index (χ2n) is 13.1. The fraction of sp³-hybridized carbons (Fsp3) is 0.333. The molecule has 0 saturated carbocycles. The number of carbonyl (C=O) groups excluding carboxylic acids is 1. The van der Waals surface area contributed by atoms with Crippen molar-refractivity contribution in [3.05, 3.63) is 101 Å². The Balaban J connectivity index is 1.71. The number of carboxylic acids is 1. The van der Waals surface area contributed by atoms with Crippen LogP contribution in [0.25, 0.3) is 11.3 Å². The first-order valence-corrected chi connectivity index (χ1v) is 15.9. The molecule has 0 aliphatic carbocycles. The number of carbonyl (C=O) groups is 2. The molecule has 0 bridgehead atoms. The van der Waals surface area contributed by atoms with Gasteiger partial charge in [-0.1, -0.05) is 69.3 Å². The zero-order valence-electron chi connectivity index (χ0n) is 27.6. The second kappa shape index (κ2) is 14.2. The van der Waals surface area contributed by atoms with E-state index < -0.39 is 23.8 Å². The average Bonchev–Trinajstić information content (AvgIpc) is 2.97. The molecule has 242 valence electrons. The number of rotatable bonds is 10. The van der Waals surface area contributed by atoms with E-state index in [1.54, 1.807) is 24.3 Å². The van der Waals surface area contributed by atoms with Crippen molar-refractivity contribution in [1.82, 2.24) is 15.3 Å². The number of aromatic nitrogens is 2. The van der Waals surface area contributed by atoms with Gasteiger partial charge in [0.25, 0.3) is 0 Å². The van der Waals surface area contributed by atoms with Gasteiger partial charge in [-0.3, -0.25) is 4.72 Å². The number of hydrogen-bond acceptors (Lipinski definition) is 8. The van der Waals surface area contributed by atoms with Gasteiger partial charge in [0, 0.05) is 16.5 Å². The summed E-state index contributed by atoms with van der Waals surface area (Å²) in [6, 6.07) is 22.6. The molecule has 0 aliphatic heterocycles. The van der Waals surface area contributed by atoms with Gasteiger partial charge in [0.15, 0.2) is 0 Å². The number of aromatic carboxylic acids is 1. The van der Waals surface area contributed by atoms with Crippen LogP contribution < -0.4 is 14.8 Å². The van der Waals surface area contributed by atoms with Crippen LogP contribution in [0.1, 0.15) is 80.3 Å². The molecular formula is C36H42N4O5S. The summed E-state index contributed by atoms with van der Waals surface area (Å²) in [6.45, 7) is 16.1. The molecule has 0 radical (unpaired) electrons. The van der Waals surface area contributed by atoms with Crippen molar-refractivity contribution in [3.63, 3.8) is 0 Å². The number of ether oxygens (including phenoxy) is 2. The van der Waals surface area contributed by atoms with E-state index in [1.165, 1.54) is 23.6 Å². The third-order valence-electron chi connectivity index (χ3n) is 7.02. The lowest BCUT2D eigenvalue weighted by molar-refractivity contribution is 0.0498. The van der Waals surface area contributed by atoms with Crippen LogP contribution >= 0.6 is 11.9 Å². The zero-order chi connectivity index (χ0) is 33.6. The number of amides is 1. The predicted octanol–water partition coefficient (Wildman–Crippen LogP) is 8.52. The van der Waals surface area contributed by atoms with E-state index in [4.69, 9.17) is 14.5 Å². The van der Waals surface area contributed by atoms with Crippen LogP contribution in [0, 0.1) is 13.8 Å². The van der Waals surface area contributed by atoms with Crippen LogP contribution in [0.4, 0.5) is 10.7 Å². The third kappa shape index (κ3) is 9.47. The number of aryl methyl sites for hydroxylation is 2. The average molecular weight is 643 g/mol. The van der Waals surface area contributed by atoms with E-state index in [-0.39, 0.29) is 23.5 Å². The number of nitrogens with one attached hydrogen (secondary N) is 2. The smallest absolute Gasteiger partial charge is 0.407 e. The first kappa shape index (κ1) is 34.3. The van der Waals surface area contributed by atoms with Crippen molar-refractivity contribution in [3.8, 4) is 17.1 Å². The molecule has 0 spiro atoms. The van der Waals surface area contributed by atoms with Gasteiger partial charge in [-0.15, -0.1) is 0 Å². The molecule has 0 fully saturated rings. The van der Waals surface area contributed by atoms with Crippen molar-refractivity contribution in [1.29, 1.82) is 0 Å². The molecule has 46 heavy (non-hydrogen) atoms. The maximum absolute atomic E-state index is 12.6. The minimum atomic E-state index is -1.01. The van der Waals surface area contributed by atoms with Crippen LogP contribution in [-0.2, 0) is 10.2 Å². The summed E-state index contributed by atoms with van der Waals surface area (Å²) in [5, 5.41) is 12.3. The Kier molecular flexibility index (Phi) is 10.6. The third-order valence-corrected chi connectivity index (χ3v) is 7.80. The van der Waals surface area contributed by atoms with Crippen molar-refractivity contribution >= 4 is 30.0 Å². The van der Waals surface area contributed by atoms with Gasteiger partial charge in [0.05, 0.1) is 17.8 Å². The van der Waals surface area contributed by atoms with E-state index in [1.807, 2.05) is 65.0 Å². The number of nitrogens with zero attached hydrogens (tertiary/aromatic N) is 2. The molecule has 1 atom stereocenters. The second-order valence-corrected chi connectivity index (χ2v) is 14.0. The van der Waals surface area contributed by atoms with Gasteiger partial charge in [-0.25, -0.2) is 14.6 Å². The lowest BCUT2D eigenvalue weighted by Gasteiger charge is -2.24. The summed E-state index contributed by atoms with van der Waals surface area (Å²) in [5.41, 5.74) is 5.22. The number of anilines is 1. The highest BCUT2D eigenvalue weighted by atomic mass is 32.2. The maximum atomic E-state index is 12.6. The molecule has 3 aromatic carbocycles. The van der Waals surface area contributed by atoms with Crippen molar-refractivity contribution in [2.24, 2.45) is 0 Å². The van der Waals surface area contributed by atoms with Gasteiger partial charge < -0.3 is 19.9 Å².